The highest BCUT2D eigenvalue weighted by atomic mass is 35.5. The standard InChI is InChI=1S/C29H27Cl3F2N4O5S/c1-42-10-9-36-7-4-8-38(28(36)41)20-11-16-14-37(15-17(16)12-21(20)43-2)27(40)24-22(13-23(29(32,33)34)35-26(24)39)44-25-18(30)5-3-6-19(25)31/h3,5-6,11-13H,4,7-10,14-15H2,1-2H3,(H,35,39). The van der Waals surface area contributed by atoms with Gasteiger partial charge in [0.15, 0.2) is 0 Å². The molecule has 3 amide bonds. The van der Waals surface area contributed by atoms with Gasteiger partial charge in [0.25, 0.3) is 11.5 Å². The van der Waals surface area contributed by atoms with Crippen molar-refractivity contribution in [3.8, 4) is 5.75 Å². The van der Waals surface area contributed by atoms with Crippen LogP contribution < -0.4 is 15.2 Å². The molecule has 15 heteroatoms. The van der Waals surface area contributed by atoms with E-state index >= 15 is 0 Å². The van der Waals surface area contributed by atoms with Crippen LogP contribution >= 0.6 is 46.6 Å². The van der Waals surface area contributed by atoms with Crippen molar-refractivity contribution in [3.63, 3.8) is 0 Å². The van der Waals surface area contributed by atoms with E-state index in [9.17, 15) is 23.2 Å². The van der Waals surface area contributed by atoms with Gasteiger partial charge >= 0.3 is 11.4 Å². The van der Waals surface area contributed by atoms with Gasteiger partial charge in [0, 0.05) is 49.6 Å². The third kappa shape index (κ3) is 6.50. The number of carbonyl (C=O) groups is 2. The molecule has 0 radical (unpaired) electrons. The Morgan fingerprint density at radius 2 is 1.75 bits per heavy atom. The van der Waals surface area contributed by atoms with Crippen LogP contribution in [0.25, 0.3) is 0 Å². The van der Waals surface area contributed by atoms with Crippen molar-refractivity contribution in [1.82, 2.24) is 14.8 Å². The second-order valence-electron chi connectivity index (χ2n) is 10.1. The number of carbonyl (C=O) groups excluding carboxylic acids is 2. The van der Waals surface area contributed by atoms with Crippen LogP contribution in [0.4, 0.5) is 19.3 Å². The number of H-pyrrole nitrogens is 1. The Morgan fingerprint density at radius 1 is 1.07 bits per heavy atom. The minimum absolute atomic E-state index is 0.0895. The van der Waals surface area contributed by atoms with E-state index in [1.807, 2.05) is 4.98 Å². The summed E-state index contributed by atoms with van der Waals surface area (Å²) in [4.78, 5) is 47.4. The van der Waals surface area contributed by atoms with Crippen molar-refractivity contribution < 1.29 is 27.8 Å². The van der Waals surface area contributed by atoms with Crippen LogP contribution in [0.3, 0.4) is 0 Å². The van der Waals surface area contributed by atoms with Gasteiger partial charge in [-0.1, -0.05) is 41.0 Å². The second kappa shape index (κ2) is 13.1. The molecule has 3 aromatic rings. The number of alkyl halides is 3. The molecule has 234 valence electrons. The molecule has 1 fully saturated rings. The number of nitrogens with one attached hydrogen (secondary N) is 1. The zero-order chi connectivity index (χ0) is 31.8. The van der Waals surface area contributed by atoms with Crippen LogP contribution in [0.15, 0.2) is 51.0 Å². The first-order valence-corrected chi connectivity index (χ1v) is 15.4. The number of rotatable bonds is 9. The summed E-state index contributed by atoms with van der Waals surface area (Å²) in [5.74, 6) is -0.242. The van der Waals surface area contributed by atoms with E-state index in [-0.39, 0.29) is 44.5 Å². The molecule has 0 aliphatic carbocycles. The molecule has 0 bridgehead atoms. The quantitative estimate of drug-likeness (QED) is 0.256. The predicted molar refractivity (Wildman–Crippen MR) is 165 cm³/mol. The number of pyridine rings is 1. The molecule has 9 nitrogen and oxygen atoms in total. The Labute approximate surface area is 270 Å². The molecule has 0 saturated carbocycles. The van der Waals surface area contributed by atoms with Gasteiger partial charge in [0.05, 0.1) is 29.4 Å². The molecule has 1 aromatic heterocycles. The fourth-order valence-electron chi connectivity index (χ4n) is 5.17. The van der Waals surface area contributed by atoms with E-state index in [2.05, 4.69) is 0 Å². The minimum Gasteiger partial charge on any atom is -0.495 e. The molecule has 2 aromatic carbocycles. The SMILES string of the molecule is COCCN1CCCN(c2cc3c(cc2OC)CN(C(=O)c2c(Sc4c(Cl)cccc4Cl)cc(C(F)(F)Cl)[nH]c2=O)C3)C1=O. The maximum atomic E-state index is 14.1. The molecule has 1 saturated heterocycles. The zero-order valence-corrected chi connectivity index (χ0v) is 26.7. The lowest BCUT2D eigenvalue weighted by molar-refractivity contribution is 0.0740. The third-order valence-electron chi connectivity index (χ3n) is 7.33. The van der Waals surface area contributed by atoms with Crippen molar-refractivity contribution in [3.05, 3.63) is 79.2 Å². The number of urea groups is 1. The summed E-state index contributed by atoms with van der Waals surface area (Å²) in [6, 6.07) is 9.05. The normalized spacial score (nSPS) is 15.2. The van der Waals surface area contributed by atoms with Gasteiger partial charge in [-0.2, -0.15) is 8.78 Å². The van der Waals surface area contributed by atoms with E-state index in [0.29, 0.717) is 37.7 Å². The summed E-state index contributed by atoms with van der Waals surface area (Å²) in [7, 11) is 3.07. The monoisotopic (exact) mass is 686 g/mol. The van der Waals surface area contributed by atoms with Gasteiger partial charge in [0.2, 0.25) is 0 Å². The molecule has 1 N–H and O–H groups in total. The Morgan fingerprint density at radius 3 is 2.39 bits per heavy atom. The number of halogens is 5. The van der Waals surface area contributed by atoms with E-state index in [1.54, 1.807) is 47.2 Å². The molecule has 0 atom stereocenters. The van der Waals surface area contributed by atoms with Crippen molar-refractivity contribution in [2.45, 2.75) is 34.7 Å². The van der Waals surface area contributed by atoms with Gasteiger partial charge in [-0.3, -0.25) is 14.5 Å². The number of ether oxygens (including phenoxy) is 2. The van der Waals surface area contributed by atoms with Gasteiger partial charge in [-0.05, 0) is 59.5 Å². The number of aromatic nitrogens is 1. The summed E-state index contributed by atoms with van der Waals surface area (Å²) < 4.78 is 39.0. The highest BCUT2D eigenvalue weighted by molar-refractivity contribution is 7.99. The van der Waals surface area contributed by atoms with Crippen LogP contribution in [-0.2, 0) is 23.2 Å². The van der Waals surface area contributed by atoms with E-state index in [1.165, 1.54) is 12.0 Å². The van der Waals surface area contributed by atoms with E-state index in [4.69, 9.17) is 44.3 Å². The first-order valence-electron chi connectivity index (χ1n) is 13.4. The van der Waals surface area contributed by atoms with Crippen LogP contribution in [-0.4, -0.2) is 67.2 Å². The second-order valence-corrected chi connectivity index (χ2v) is 12.5. The van der Waals surface area contributed by atoms with E-state index < -0.39 is 22.5 Å². The van der Waals surface area contributed by atoms with Crippen LogP contribution in [0.1, 0.15) is 33.6 Å². The molecule has 0 spiro atoms. The van der Waals surface area contributed by atoms with Crippen LogP contribution in [0.2, 0.25) is 10.0 Å². The number of hydrogen-bond acceptors (Lipinski definition) is 6. The number of anilines is 1. The zero-order valence-electron chi connectivity index (χ0n) is 23.6. The fourth-order valence-corrected chi connectivity index (χ4v) is 6.91. The van der Waals surface area contributed by atoms with Gasteiger partial charge in [-0.25, -0.2) is 4.79 Å². The lowest BCUT2D eigenvalue weighted by atomic mass is 10.1. The van der Waals surface area contributed by atoms with Crippen molar-refractivity contribution in [2.24, 2.45) is 0 Å². The topological polar surface area (TPSA) is 95.2 Å². The summed E-state index contributed by atoms with van der Waals surface area (Å²) in [5.41, 5.74) is -0.221. The van der Waals surface area contributed by atoms with Crippen molar-refractivity contribution in [1.29, 1.82) is 0 Å². The number of hydrogen-bond donors (Lipinski definition) is 1. The largest absolute Gasteiger partial charge is 0.495 e. The molecule has 3 heterocycles. The highest BCUT2D eigenvalue weighted by Crippen LogP contribution is 2.42. The molecule has 2 aliphatic heterocycles. The van der Waals surface area contributed by atoms with Crippen LogP contribution in [0.5, 0.6) is 5.75 Å². The first kappa shape index (κ1) is 32.4. The lowest BCUT2D eigenvalue weighted by Crippen LogP contribution is -2.50. The summed E-state index contributed by atoms with van der Waals surface area (Å²) in [5, 5.41) is -3.48. The molecule has 2 aliphatic rings. The number of fused-ring (bicyclic) bond motifs is 1. The Balaban J connectivity index is 1.48. The first-order chi connectivity index (χ1) is 20.9. The number of methoxy groups -OCH3 is 2. The Hall–Kier alpha value is -3.03. The average Bonchev–Trinajstić information content (AvgIpc) is 3.40. The number of nitrogens with zero attached hydrogens (tertiary/aromatic N) is 3. The van der Waals surface area contributed by atoms with Gasteiger partial charge in [0.1, 0.15) is 17.0 Å². The number of aromatic amines is 1. The Bertz CT molecular complexity index is 1650. The predicted octanol–water partition coefficient (Wildman–Crippen LogP) is 6.56. The van der Waals surface area contributed by atoms with Crippen LogP contribution in [0, 0.1) is 0 Å². The maximum absolute atomic E-state index is 14.1. The summed E-state index contributed by atoms with van der Waals surface area (Å²) in [6.45, 7) is 2.16. The molecule has 0 unspecified atom stereocenters. The summed E-state index contributed by atoms with van der Waals surface area (Å²) in [6.07, 6.45) is 0.746. The third-order valence-corrected chi connectivity index (χ3v) is 9.57. The smallest absolute Gasteiger partial charge is 0.362 e. The Kier molecular flexibility index (Phi) is 9.66. The molecular weight excluding hydrogens is 661 g/mol. The highest BCUT2D eigenvalue weighted by Gasteiger charge is 2.36. The maximum Gasteiger partial charge on any atom is 0.362 e. The fraction of sp³-hybridized carbons (Fsp3) is 0.345. The minimum atomic E-state index is -3.90. The molecule has 44 heavy (non-hydrogen) atoms. The average molecular weight is 688 g/mol. The van der Waals surface area contributed by atoms with Crippen molar-refractivity contribution in [2.75, 3.05) is 45.4 Å². The van der Waals surface area contributed by atoms with E-state index in [0.717, 1.165) is 35.4 Å². The lowest BCUT2D eigenvalue weighted by Gasteiger charge is -2.36. The van der Waals surface area contributed by atoms with Gasteiger partial charge in [-0.15, -0.1) is 0 Å². The molecule has 5 rings (SSSR count). The summed E-state index contributed by atoms with van der Waals surface area (Å²) >= 11 is 18.7. The van der Waals surface area contributed by atoms with Gasteiger partial charge < -0.3 is 24.3 Å². The number of benzene rings is 2. The van der Waals surface area contributed by atoms with Crippen molar-refractivity contribution >= 4 is 64.2 Å². The molecular formula is C29H27Cl3F2N4O5S. The number of amides is 3.